The van der Waals surface area contributed by atoms with Crippen LogP contribution in [0, 0.1) is 53.3 Å². The van der Waals surface area contributed by atoms with Crippen molar-refractivity contribution in [2.45, 2.75) is 534 Å². The predicted molar refractivity (Wildman–Crippen MR) is 554 cm³/mol. The number of hydrogen-bond donors (Lipinski definition) is 6. The second-order valence-electron chi connectivity index (χ2n) is 43.8. The van der Waals surface area contributed by atoms with Crippen LogP contribution in [0.3, 0.4) is 0 Å². The topological polar surface area (TPSA) is 331 Å². The monoisotopic (exact) mass is 1890 g/mol. The fourth-order valence-electron chi connectivity index (χ4n) is 17.3. The van der Waals surface area contributed by atoms with Crippen LogP contribution in [0.4, 0.5) is 0 Å². The van der Waals surface area contributed by atoms with Gasteiger partial charge in [0, 0.05) is 107 Å². The Kier molecular flexibility index (Phi) is 53.9. The van der Waals surface area contributed by atoms with Crippen LogP contribution in [0.5, 0.6) is 0 Å². The summed E-state index contributed by atoms with van der Waals surface area (Å²) in [6.45, 7) is 83.1. The van der Waals surface area contributed by atoms with E-state index in [1.807, 2.05) is 62.3 Å². The lowest BCUT2D eigenvalue weighted by Gasteiger charge is -2.45. The van der Waals surface area contributed by atoms with Crippen LogP contribution < -0.4 is 31.9 Å². The van der Waals surface area contributed by atoms with E-state index in [2.05, 4.69) is 271 Å². The minimum Gasteiger partial charge on any atom is -0.361 e. The fraction of sp³-hybridized carbons (Fsp3) is 0.784. The minimum atomic E-state index is -0.310. The van der Waals surface area contributed by atoms with Crippen LogP contribution in [0.2, 0.25) is 0 Å². The Morgan fingerprint density at radius 2 is 0.444 bits per heavy atom. The molecule has 4 unspecified atom stereocenters. The lowest BCUT2D eigenvalue weighted by molar-refractivity contribution is 0.0689. The fourth-order valence-corrected chi connectivity index (χ4v) is 17.3. The van der Waals surface area contributed by atoms with Crippen LogP contribution in [-0.4, -0.2) is 99.6 Å². The highest BCUT2D eigenvalue weighted by molar-refractivity contribution is 5.96. The van der Waals surface area contributed by atoms with Crippen LogP contribution in [0.15, 0.2) is 45.3 Å². The first-order valence-corrected chi connectivity index (χ1v) is 52.6. The molecule has 6 aromatic rings. The third kappa shape index (κ3) is 37.3. The highest BCUT2D eigenvalue weighted by atomic mass is 16.5. The van der Waals surface area contributed by atoms with Crippen molar-refractivity contribution in [1.82, 2.24) is 62.8 Å². The SMILES string of the molecule is CCCCCC(C)(C)C(C)(C)NC(=O)c1cc(CC)on1.CCCCCC(C)(C)C(C)(C)NC(=O)c1noc(CC)c1C.CCCCCC(C)(CC)C(C)(C)NC(=O)c1cc(CC)on1.CCCCCC(C)(CC)C(C)(C)NC(=O)c1noc(CC)c1C.CCCCCC(C)(CCC)C(C)(C)NC(=O)c1cc(CC)on1.CCCCCC(C)(CCC)C(C)(C)NC(=O)c1noc(CC)c1C. The first-order chi connectivity index (χ1) is 62.9. The summed E-state index contributed by atoms with van der Waals surface area (Å²) in [5, 5.41) is 42.6. The zero-order chi connectivity index (χ0) is 103. The third-order valence-electron chi connectivity index (χ3n) is 31.4. The molecule has 0 aliphatic carbocycles. The average molecular weight is 1890 g/mol. The molecule has 0 spiro atoms. The number of rotatable bonds is 54. The lowest BCUT2D eigenvalue weighted by atomic mass is 9.67. The molecule has 6 aromatic heterocycles. The number of hydrogen-bond acceptors (Lipinski definition) is 18. The van der Waals surface area contributed by atoms with Crippen molar-refractivity contribution in [1.29, 1.82) is 0 Å². The summed E-state index contributed by atoms with van der Waals surface area (Å²) in [4.78, 5) is 75.3. The zero-order valence-electron chi connectivity index (χ0n) is 93.3. The molecule has 0 bridgehead atoms. The molecule has 0 saturated carbocycles. The van der Waals surface area contributed by atoms with Gasteiger partial charge in [0.05, 0.1) is 0 Å². The Morgan fingerprint density at radius 3 is 0.644 bits per heavy atom. The van der Waals surface area contributed by atoms with Gasteiger partial charge in [-0.3, -0.25) is 28.8 Å². The summed E-state index contributed by atoms with van der Waals surface area (Å²) < 4.78 is 31.2. The van der Waals surface area contributed by atoms with Gasteiger partial charge in [0.15, 0.2) is 34.2 Å². The van der Waals surface area contributed by atoms with E-state index in [0.29, 0.717) is 34.2 Å². The second-order valence-corrected chi connectivity index (χ2v) is 43.8. The van der Waals surface area contributed by atoms with Gasteiger partial charge in [-0.25, -0.2) is 0 Å². The number of aromatic nitrogens is 6. The normalized spacial score (nSPS) is 13.9. The maximum absolute atomic E-state index is 12.8. The summed E-state index contributed by atoms with van der Waals surface area (Å²) in [5.74, 6) is 3.72. The molecule has 6 amide bonds. The molecular formula is C111H198N12O12. The summed E-state index contributed by atoms with van der Waals surface area (Å²) in [6.07, 6.45) is 39.5. The molecular weight excluding hydrogens is 1690 g/mol. The Hall–Kier alpha value is -7.92. The van der Waals surface area contributed by atoms with Gasteiger partial charge in [-0.2, -0.15) is 0 Å². The number of carbonyl (C=O) groups excluding carboxylic acids is 6. The summed E-state index contributed by atoms with van der Waals surface area (Å²) in [5.41, 5.74) is 3.43. The molecule has 0 saturated heterocycles. The Balaban J connectivity index is 0.000000810. The van der Waals surface area contributed by atoms with Gasteiger partial charge in [-0.05, 0) is 201 Å². The van der Waals surface area contributed by atoms with E-state index < -0.39 is 0 Å². The Morgan fingerprint density at radius 1 is 0.237 bits per heavy atom. The van der Waals surface area contributed by atoms with E-state index in [1.54, 1.807) is 18.2 Å². The minimum absolute atomic E-state index is 0.0169. The van der Waals surface area contributed by atoms with Crippen molar-refractivity contribution in [3.63, 3.8) is 0 Å². The number of carbonyl (C=O) groups is 6. The van der Waals surface area contributed by atoms with E-state index in [0.717, 1.165) is 167 Å². The summed E-state index contributed by atoms with van der Waals surface area (Å²) in [7, 11) is 0. The standard InChI is InChI=1S/C20H36N2O2.2C19H34N2O2.2C18H32N2O2.C17H30N2O2/c1-8-11-12-14-20(7,13-9-2)19(5,6)21-18(23)17-15(4)16(10-3)24-22-17;1-8-11-12-13-19(7,10-3)18(5,6)20-17(22)16-14(4)15(9-2)23-21-16;1-7-10-11-13-19(6,12-8-2)18(4,5)20-17(22)16-14-15(9-3)23-21-16;1-8-10-11-12-17(4,5)18(6,7)19-16(21)15-13(3)14(9-2)22-20-15;1-7-10-11-12-18(6,9-3)17(4,5)19-16(21)15-13-14(8-2)22-20-15;1-7-9-10-11-16(3,4)17(5,6)18-15(20)14-12-13(8-2)21-19-14/h8-14H2,1-7H3,(H,21,23);8-13H2,1-7H3,(H,20,22);14H,7-13H2,1-6H3,(H,20,22);8-12H2,1-7H3,(H,19,21);13H,7-12H2,1-6H3,(H,19,21);12H,7-11H2,1-6H3,(H,18,20). The highest BCUT2D eigenvalue weighted by Crippen LogP contribution is 2.46. The molecule has 0 radical (unpaired) electrons. The van der Waals surface area contributed by atoms with E-state index in [-0.39, 0.29) is 101 Å². The van der Waals surface area contributed by atoms with Crippen LogP contribution >= 0.6 is 0 Å². The smallest absolute Gasteiger partial charge is 0.274 e. The molecule has 135 heavy (non-hydrogen) atoms. The Labute approximate surface area is 820 Å². The second kappa shape index (κ2) is 58.2. The van der Waals surface area contributed by atoms with Crippen molar-refractivity contribution in [3.05, 3.63) is 104 Å². The summed E-state index contributed by atoms with van der Waals surface area (Å²) in [6, 6.07) is 5.18. The van der Waals surface area contributed by atoms with Crippen molar-refractivity contribution < 1.29 is 55.9 Å². The molecule has 6 rings (SSSR count). The van der Waals surface area contributed by atoms with Gasteiger partial charge in [-0.15, -0.1) is 0 Å². The average Bonchev–Trinajstić information content (AvgIpc) is 1.78. The van der Waals surface area contributed by atoms with E-state index in [4.69, 9.17) is 27.1 Å². The van der Waals surface area contributed by atoms with E-state index >= 15 is 0 Å². The van der Waals surface area contributed by atoms with Crippen LogP contribution in [-0.2, 0) is 38.5 Å². The quantitative estimate of drug-likeness (QED) is 0.0193. The molecule has 0 aliphatic rings. The van der Waals surface area contributed by atoms with E-state index in [9.17, 15) is 28.8 Å². The number of aryl methyl sites for hydroxylation is 6. The molecule has 0 fully saturated rings. The number of nitrogens with one attached hydrogen (secondary N) is 6. The van der Waals surface area contributed by atoms with Crippen LogP contribution in [0.25, 0.3) is 0 Å². The maximum atomic E-state index is 12.8. The maximum Gasteiger partial charge on any atom is 0.274 e. The highest BCUT2D eigenvalue weighted by Gasteiger charge is 2.47. The molecule has 24 heteroatoms. The largest absolute Gasteiger partial charge is 0.361 e. The third-order valence-corrected chi connectivity index (χ3v) is 31.4. The number of unbranched alkanes of at least 4 members (excludes halogenated alkanes) is 12. The first kappa shape index (κ1) is 125. The van der Waals surface area contributed by atoms with Crippen molar-refractivity contribution in [2.75, 3.05) is 0 Å². The van der Waals surface area contributed by atoms with E-state index in [1.165, 1.54) is 116 Å². The van der Waals surface area contributed by atoms with Gasteiger partial charge >= 0.3 is 0 Å². The number of amides is 6. The Bertz CT molecular complexity index is 4400. The van der Waals surface area contributed by atoms with Gasteiger partial charge in [0.1, 0.15) is 34.6 Å². The van der Waals surface area contributed by atoms with Crippen molar-refractivity contribution in [2.24, 2.45) is 32.5 Å². The van der Waals surface area contributed by atoms with Crippen LogP contribution in [0.1, 0.15) is 556 Å². The van der Waals surface area contributed by atoms with Gasteiger partial charge in [0.25, 0.3) is 35.4 Å². The predicted octanol–water partition coefficient (Wildman–Crippen LogP) is 29.4. The van der Waals surface area contributed by atoms with Crippen molar-refractivity contribution >= 4 is 35.4 Å². The van der Waals surface area contributed by atoms with Gasteiger partial charge < -0.3 is 59.0 Å². The molecule has 0 aromatic carbocycles. The number of nitrogens with zero attached hydrogens (tertiary/aromatic N) is 6. The van der Waals surface area contributed by atoms with Crippen molar-refractivity contribution in [3.8, 4) is 0 Å². The molecule has 0 aliphatic heterocycles. The summed E-state index contributed by atoms with van der Waals surface area (Å²) >= 11 is 0. The molecule has 4 atom stereocenters. The van der Waals surface area contributed by atoms with Gasteiger partial charge in [0.2, 0.25) is 0 Å². The molecule has 774 valence electrons. The lowest BCUT2D eigenvalue weighted by Crippen LogP contribution is -2.55. The molecule has 6 N–H and O–H groups in total. The first-order valence-electron chi connectivity index (χ1n) is 52.6. The zero-order valence-corrected chi connectivity index (χ0v) is 93.3. The van der Waals surface area contributed by atoms with Gasteiger partial charge in [-0.1, -0.05) is 326 Å². The molecule has 24 nitrogen and oxygen atoms in total. The molecule has 6 heterocycles.